The van der Waals surface area contributed by atoms with E-state index in [1.54, 1.807) is 0 Å². The van der Waals surface area contributed by atoms with Gasteiger partial charge in [-0.1, -0.05) is 43.7 Å². The molecule has 1 aliphatic rings. The van der Waals surface area contributed by atoms with Crippen LogP contribution in [0.3, 0.4) is 0 Å². The molecule has 16 heavy (non-hydrogen) atoms. The van der Waals surface area contributed by atoms with Gasteiger partial charge in [-0.05, 0) is 41.5 Å². The summed E-state index contributed by atoms with van der Waals surface area (Å²) < 4.78 is 0. The van der Waals surface area contributed by atoms with E-state index in [-0.39, 0.29) is 10.8 Å². The van der Waals surface area contributed by atoms with Gasteiger partial charge in [0.15, 0.2) is 0 Å². The maximum atomic E-state index is 6.27. The molecule has 1 aromatic rings. The largest absolute Gasteiger partial charge is 0.118 e. The molecule has 0 aliphatic heterocycles. The minimum absolute atomic E-state index is 0.148. The fraction of sp³-hybridized carbons (Fsp3) is 0.429. The topological polar surface area (TPSA) is 0 Å². The average Bonchev–Trinajstić information content (AvgIpc) is 2.15. The Hall–Kier alpha value is -0.460. The van der Waals surface area contributed by atoms with Crippen LogP contribution in [-0.2, 0) is 0 Å². The van der Waals surface area contributed by atoms with Gasteiger partial charge in [0.05, 0.1) is 5.38 Å². The predicted molar refractivity (Wildman–Crippen MR) is 72.1 cm³/mol. The van der Waals surface area contributed by atoms with E-state index in [1.165, 1.54) is 11.1 Å². The van der Waals surface area contributed by atoms with E-state index >= 15 is 0 Å². The van der Waals surface area contributed by atoms with E-state index in [0.717, 1.165) is 17.9 Å². The van der Waals surface area contributed by atoms with Gasteiger partial charge in [0, 0.05) is 5.02 Å². The highest BCUT2D eigenvalue weighted by Gasteiger charge is 2.27. The molecule has 0 nitrogen and oxygen atoms in total. The van der Waals surface area contributed by atoms with Crippen LogP contribution >= 0.6 is 23.2 Å². The molecule has 0 N–H and O–H groups in total. The standard InChI is InChI=1S/C14H16Cl2/c1-14(2)8-11(7-13(16)9-14)10-3-5-12(15)6-4-10/h3-7,13H,8-9H2,1-2H3. The zero-order valence-electron chi connectivity index (χ0n) is 9.63. The summed E-state index contributed by atoms with van der Waals surface area (Å²) in [5.41, 5.74) is 2.87. The third kappa shape index (κ3) is 2.81. The molecule has 0 heterocycles. The molecule has 0 bridgehead atoms. The molecule has 0 saturated carbocycles. The molecule has 2 rings (SSSR count). The highest BCUT2D eigenvalue weighted by molar-refractivity contribution is 6.30. The van der Waals surface area contributed by atoms with Crippen LogP contribution in [0.5, 0.6) is 0 Å². The van der Waals surface area contributed by atoms with E-state index < -0.39 is 0 Å². The molecule has 0 fully saturated rings. The number of hydrogen-bond donors (Lipinski definition) is 0. The van der Waals surface area contributed by atoms with Crippen LogP contribution in [-0.4, -0.2) is 5.38 Å². The molecule has 1 aliphatic carbocycles. The summed E-state index contributed by atoms with van der Waals surface area (Å²) in [7, 11) is 0. The first-order chi connectivity index (χ1) is 7.46. The number of halogens is 2. The molecule has 1 aromatic carbocycles. The van der Waals surface area contributed by atoms with Crippen molar-refractivity contribution < 1.29 is 0 Å². The molecule has 0 saturated heterocycles. The van der Waals surface area contributed by atoms with Crippen molar-refractivity contribution in [1.29, 1.82) is 0 Å². The Balaban J connectivity index is 2.30. The number of benzene rings is 1. The summed E-state index contributed by atoms with van der Waals surface area (Å²) >= 11 is 12.2. The summed E-state index contributed by atoms with van der Waals surface area (Å²) in [5.74, 6) is 0. The molecule has 0 radical (unpaired) electrons. The van der Waals surface area contributed by atoms with E-state index in [0.29, 0.717) is 0 Å². The number of rotatable bonds is 1. The number of allylic oxidation sites excluding steroid dienone is 2. The zero-order valence-corrected chi connectivity index (χ0v) is 11.1. The SMILES string of the molecule is CC1(C)CC(c2ccc(Cl)cc2)=CC(Cl)C1. The van der Waals surface area contributed by atoms with Crippen LogP contribution in [0.1, 0.15) is 32.3 Å². The van der Waals surface area contributed by atoms with Crippen LogP contribution in [0.15, 0.2) is 30.3 Å². The van der Waals surface area contributed by atoms with Gasteiger partial charge in [0.1, 0.15) is 0 Å². The first-order valence-electron chi connectivity index (χ1n) is 5.57. The minimum Gasteiger partial charge on any atom is -0.118 e. The Morgan fingerprint density at radius 3 is 2.38 bits per heavy atom. The van der Waals surface area contributed by atoms with Crippen molar-refractivity contribution in [2.24, 2.45) is 5.41 Å². The summed E-state index contributed by atoms with van der Waals surface area (Å²) in [4.78, 5) is 0. The second-order valence-electron chi connectivity index (χ2n) is 5.26. The first-order valence-corrected chi connectivity index (χ1v) is 6.38. The van der Waals surface area contributed by atoms with Crippen molar-refractivity contribution in [2.75, 3.05) is 0 Å². The van der Waals surface area contributed by atoms with E-state index in [2.05, 4.69) is 32.1 Å². The Morgan fingerprint density at radius 1 is 1.19 bits per heavy atom. The lowest BCUT2D eigenvalue weighted by atomic mass is 9.75. The lowest BCUT2D eigenvalue weighted by molar-refractivity contribution is 0.340. The molecule has 86 valence electrons. The van der Waals surface area contributed by atoms with Crippen molar-refractivity contribution in [2.45, 2.75) is 32.1 Å². The van der Waals surface area contributed by atoms with Crippen LogP contribution in [0.25, 0.3) is 5.57 Å². The molecule has 1 unspecified atom stereocenters. The molecule has 1 atom stereocenters. The highest BCUT2D eigenvalue weighted by Crippen LogP contribution is 2.41. The van der Waals surface area contributed by atoms with E-state index in [1.807, 2.05) is 12.1 Å². The second kappa shape index (κ2) is 4.43. The molecule has 2 heteroatoms. The van der Waals surface area contributed by atoms with Crippen LogP contribution in [0.4, 0.5) is 0 Å². The summed E-state index contributed by atoms with van der Waals surface area (Å²) in [6.45, 7) is 4.54. The number of hydrogen-bond acceptors (Lipinski definition) is 0. The summed E-state index contributed by atoms with van der Waals surface area (Å²) in [6, 6.07) is 8.00. The van der Waals surface area contributed by atoms with Crippen molar-refractivity contribution in [1.82, 2.24) is 0 Å². The maximum Gasteiger partial charge on any atom is 0.0527 e. The third-order valence-electron chi connectivity index (χ3n) is 3.01. The summed E-state index contributed by atoms with van der Waals surface area (Å²) in [5, 5.41) is 0.927. The van der Waals surface area contributed by atoms with Crippen molar-refractivity contribution in [3.05, 3.63) is 40.9 Å². The predicted octanol–water partition coefficient (Wildman–Crippen LogP) is 5.15. The fourth-order valence-electron chi connectivity index (χ4n) is 2.31. The third-order valence-corrected chi connectivity index (χ3v) is 3.55. The molecular formula is C14H16Cl2. The van der Waals surface area contributed by atoms with Gasteiger partial charge in [-0.3, -0.25) is 0 Å². The van der Waals surface area contributed by atoms with Crippen molar-refractivity contribution in [3.63, 3.8) is 0 Å². The summed E-state index contributed by atoms with van der Waals surface area (Å²) in [6.07, 6.45) is 4.31. The van der Waals surface area contributed by atoms with Crippen LogP contribution in [0, 0.1) is 5.41 Å². The Bertz CT molecular complexity index is 401. The normalized spacial score (nSPS) is 24.0. The number of alkyl halides is 1. The van der Waals surface area contributed by atoms with Crippen molar-refractivity contribution in [3.8, 4) is 0 Å². The molecular weight excluding hydrogens is 239 g/mol. The fourth-order valence-corrected chi connectivity index (χ4v) is 3.01. The lowest BCUT2D eigenvalue weighted by Gasteiger charge is -2.32. The first kappa shape index (κ1) is 12.0. The van der Waals surface area contributed by atoms with Gasteiger partial charge in [-0.2, -0.15) is 0 Å². The average molecular weight is 255 g/mol. The van der Waals surface area contributed by atoms with Gasteiger partial charge in [0.2, 0.25) is 0 Å². The zero-order chi connectivity index (χ0) is 11.8. The van der Waals surface area contributed by atoms with E-state index in [4.69, 9.17) is 23.2 Å². The quantitative estimate of drug-likeness (QED) is 0.608. The van der Waals surface area contributed by atoms with Gasteiger partial charge in [0.25, 0.3) is 0 Å². The Labute approximate surface area is 107 Å². The van der Waals surface area contributed by atoms with Gasteiger partial charge in [-0.15, -0.1) is 11.6 Å². The lowest BCUT2D eigenvalue weighted by Crippen LogP contribution is -2.21. The Morgan fingerprint density at radius 2 is 1.81 bits per heavy atom. The van der Waals surface area contributed by atoms with Crippen molar-refractivity contribution >= 4 is 28.8 Å². The van der Waals surface area contributed by atoms with Crippen LogP contribution in [0.2, 0.25) is 5.02 Å². The second-order valence-corrected chi connectivity index (χ2v) is 6.26. The van der Waals surface area contributed by atoms with Gasteiger partial charge in [-0.25, -0.2) is 0 Å². The smallest absolute Gasteiger partial charge is 0.0527 e. The molecule has 0 spiro atoms. The van der Waals surface area contributed by atoms with E-state index in [9.17, 15) is 0 Å². The maximum absolute atomic E-state index is 6.27. The molecule has 0 amide bonds. The molecule has 0 aromatic heterocycles. The van der Waals surface area contributed by atoms with Crippen LogP contribution < -0.4 is 0 Å². The minimum atomic E-state index is 0.148. The Kier molecular flexibility index (Phi) is 3.32. The van der Waals surface area contributed by atoms with Gasteiger partial charge >= 0.3 is 0 Å². The highest BCUT2D eigenvalue weighted by atomic mass is 35.5. The van der Waals surface area contributed by atoms with Gasteiger partial charge < -0.3 is 0 Å². The monoisotopic (exact) mass is 254 g/mol.